The zero-order valence-corrected chi connectivity index (χ0v) is 18.0. The van der Waals surface area contributed by atoms with Crippen molar-refractivity contribution >= 4 is 23.2 Å². The molecule has 1 atom stereocenters. The quantitative estimate of drug-likeness (QED) is 0.561. The van der Waals surface area contributed by atoms with Crippen LogP contribution in [0.1, 0.15) is 37.1 Å². The van der Waals surface area contributed by atoms with Gasteiger partial charge >= 0.3 is 0 Å². The van der Waals surface area contributed by atoms with E-state index in [9.17, 15) is 0 Å². The summed E-state index contributed by atoms with van der Waals surface area (Å²) in [4.78, 5) is 5.03. The molecule has 0 radical (unpaired) electrons. The summed E-state index contributed by atoms with van der Waals surface area (Å²) in [5, 5.41) is 12.7. The topological polar surface area (TPSA) is 67.4 Å². The maximum Gasteiger partial charge on any atom is 0.165 e. The highest BCUT2D eigenvalue weighted by Crippen LogP contribution is 2.31. The van der Waals surface area contributed by atoms with Crippen molar-refractivity contribution in [3.63, 3.8) is 0 Å². The van der Waals surface area contributed by atoms with Crippen molar-refractivity contribution in [2.24, 2.45) is 0 Å². The summed E-state index contributed by atoms with van der Waals surface area (Å²) in [6.45, 7) is 9.97. The minimum atomic E-state index is 0.394. The van der Waals surface area contributed by atoms with Crippen LogP contribution in [-0.4, -0.2) is 33.9 Å². The molecule has 0 bridgehead atoms. The molecule has 1 aliphatic rings. The van der Waals surface area contributed by atoms with E-state index < -0.39 is 0 Å². The van der Waals surface area contributed by atoms with Gasteiger partial charge in [-0.3, -0.25) is 0 Å². The normalized spacial score (nSPS) is 17.6. The third kappa shape index (κ3) is 4.26. The van der Waals surface area contributed by atoms with Gasteiger partial charge < -0.3 is 15.1 Å². The van der Waals surface area contributed by atoms with Gasteiger partial charge in [-0.15, -0.1) is 11.8 Å². The van der Waals surface area contributed by atoms with E-state index in [-0.39, 0.29) is 0 Å². The lowest BCUT2D eigenvalue weighted by molar-refractivity contribution is 0.455. The number of nitrogens with zero attached hydrogens (tertiary/aromatic N) is 3. The van der Waals surface area contributed by atoms with Crippen molar-refractivity contribution in [3.8, 4) is 11.1 Å². The third-order valence-corrected chi connectivity index (χ3v) is 5.76. The fraction of sp³-hybridized carbons (Fsp3) is 0.364. The van der Waals surface area contributed by atoms with Gasteiger partial charge in [-0.2, -0.15) is 9.61 Å². The number of furan rings is 1. The van der Waals surface area contributed by atoms with Crippen LogP contribution in [0.5, 0.6) is 0 Å². The first-order valence-corrected chi connectivity index (χ1v) is 11.1. The van der Waals surface area contributed by atoms with Crippen molar-refractivity contribution in [1.29, 1.82) is 0 Å². The van der Waals surface area contributed by atoms with E-state index in [1.807, 2.05) is 36.7 Å². The smallest absolute Gasteiger partial charge is 0.165 e. The molecule has 29 heavy (non-hydrogen) atoms. The van der Waals surface area contributed by atoms with E-state index >= 15 is 0 Å². The highest BCUT2D eigenvalue weighted by Gasteiger charge is 2.21. The van der Waals surface area contributed by atoms with Gasteiger partial charge in [-0.05, 0) is 51.6 Å². The Balaban J connectivity index is 1.84. The largest absolute Gasteiger partial charge is 0.469 e. The molecule has 6 nitrogen and oxygen atoms in total. The molecule has 0 aromatic carbocycles. The number of piperidine rings is 1. The minimum Gasteiger partial charge on any atom is -0.469 e. The van der Waals surface area contributed by atoms with Gasteiger partial charge in [-0.25, -0.2) is 4.98 Å². The van der Waals surface area contributed by atoms with Gasteiger partial charge in [0.25, 0.3) is 0 Å². The van der Waals surface area contributed by atoms with Crippen LogP contribution in [0.2, 0.25) is 0 Å². The number of hydrogen-bond donors (Lipinski definition) is 2. The predicted molar refractivity (Wildman–Crippen MR) is 120 cm³/mol. The standard InChI is InChI=1S/C22H27N5OS/c1-14(2)8-21(29-4)26-20-10-19(16-6-5-7-23-11-16)25-22-18(12-24-27(20)22)17-9-15(3)28-13-17/h8-10,12-13,16,23,26H,1,5-7,11H2,2-4H3/b21-8-. The Bertz CT molecular complexity index is 1060. The number of anilines is 1. The Hall–Kier alpha value is -2.51. The summed E-state index contributed by atoms with van der Waals surface area (Å²) < 4.78 is 7.40. The molecule has 3 aromatic rings. The second-order valence-electron chi connectivity index (χ2n) is 7.53. The van der Waals surface area contributed by atoms with E-state index in [2.05, 4.69) is 34.6 Å². The first-order chi connectivity index (χ1) is 14.0. The highest BCUT2D eigenvalue weighted by atomic mass is 32.2. The molecule has 0 amide bonds. The van der Waals surface area contributed by atoms with E-state index in [1.165, 1.54) is 6.42 Å². The molecule has 1 aliphatic heterocycles. The molecule has 0 aliphatic carbocycles. The molecule has 4 rings (SSSR count). The number of aromatic nitrogens is 3. The monoisotopic (exact) mass is 409 g/mol. The van der Waals surface area contributed by atoms with Crippen molar-refractivity contribution in [1.82, 2.24) is 19.9 Å². The first-order valence-electron chi connectivity index (χ1n) is 9.88. The maximum absolute atomic E-state index is 5.53. The molecule has 4 heterocycles. The molecular weight excluding hydrogens is 382 g/mol. The molecule has 1 unspecified atom stereocenters. The van der Waals surface area contributed by atoms with E-state index in [0.29, 0.717) is 5.92 Å². The van der Waals surface area contributed by atoms with Crippen molar-refractivity contribution in [3.05, 3.63) is 59.3 Å². The van der Waals surface area contributed by atoms with E-state index in [4.69, 9.17) is 9.40 Å². The Kier molecular flexibility index (Phi) is 5.78. The molecule has 1 saturated heterocycles. The summed E-state index contributed by atoms with van der Waals surface area (Å²) in [6, 6.07) is 4.15. The Labute approximate surface area is 175 Å². The van der Waals surface area contributed by atoms with Crippen LogP contribution in [0.4, 0.5) is 5.82 Å². The summed E-state index contributed by atoms with van der Waals surface area (Å²) >= 11 is 1.65. The molecule has 0 spiro atoms. The summed E-state index contributed by atoms with van der Waals surface area (Å²) in [6.07, 6.45) is 10.0. The molecular formula is C22H27N5OS. The number of fused-ring (bicyclic) bond motifs is 1. The van der Waals surface area contributed by atoms with Crippen LogP contribution < -0.4 is 10.6 Å². The minimum absolute atomic E-state index is 0.394. The van der Waals surface area contributed by atoms with E-state index in [0.717, 1.165) is 64.2 Å². The lowest BCUT2D eigenvalue weighted by Gasteiger charge is -2.23. The number of aryl methyl sites for hydroxylation is 1. The van der Waals surface area contributed by atoms with Gasteiger partial charge in [0, 0.05) is 29.7 Å². The number of rotatable bonds is 6. The SMILES string of the molecule is C=C(C)/C=C(/Nc1cc(C2CCCNC2)nc2c(-c3coc(C)c3)cnn12)SC. The average Bonchev–Trinajstić information content (AvgIpc) is 3.33. The summed E-state index contributed by atoms with van der Waals surface area (Å²) in [5.41, 5.74) is 4.90. The Morgan fingerprint density at radius 3 is 2.97 bits per heavy atom. The highest BCUT2D eigenvalue weighted by molar-refractivity contribution is 8.02. The fourth-order valence-electron chi connectivity index (χ4n) is 3.67. The predicted octanol–water partition coefficient (Wildman–Crippen LogP) is 4.96. The number of nitrogens with one attached hydrogen (secondary N) is 2. The second-order valence-corrected chi connectivity index (χ2v) is 8.38. The first kappa shape index (κ1) is 19.8. The van der Waals surface area contributed by atoms with Crippen LogP contribution in [0.15, 0.2) is 52.3 Å². The summed E-state index contributed by atoms with van der Waals surface area (Å²) in [5.74, 6) is 2.18. The Morgan fingerprint density at radius 2 is 2.31 bits per heavy atom. The molecule has 2 N–H and O–H groups in total. The summed E-state index contributed by atoms with van der Waals surface area (Å²) in [7, 11) is 0. The van der Waals surface area contributed by atoms with Gasteiger partial charge in [0.1, 0.15) is 11.6 Å². The maximum atomic E-state index is 5.53. The van der Waals surface area contributed by atoms with Crippen molar-refractivity contribution in [2.75, 3.05) is 24.7 Å². The third-order valence-electron chi connectivity index (χ3n) is 5.10. The van der Waals surface area contributed by atoms with Crippen LogP contribution in [0, 0.1) is 6.92 Å². The molecule has 0 saturated carbocycles. The fourth-order valence-corrected chi connectivity index (χ4v) is 4.19. The number of thioether (sulfide) groups is 1. The zero-order valence-electron chi connectivity index (χ0n) is 17.2. The number of allylic oxidation sites excluding steroid dienone is 2. The second kappa shape index (κ2) is 8.47. The Morgan fingerprint density at radius 1 is 1.45 bits per heavy atom. The van der Waals surface area contributed by atoms with Gasteiger partial charge in [0.15, 0.2) is 5.65 Å². The van der Waals surface area contributed by atoms with E-state index in [1.54, 1.807) is 18.0 Å². The van der Waals surface area contributed by atoms with Gasteiger partial charge in [0.2, 0.25) is 0 Å². The van der Waals surface area contributed by atoms with Crippen molar-refractivity contribution < 1.29 is 4.42 Å². The number of hydrogen-bond acceptors (Lipinski definition) is 6. The zero-order chi connectivity index (χ0) is 20.4. The lowest BCUT2D eigenvalue weighted by atomic mass is 9.96. The van der Waals surface area contributed by atoms with Crippen LogP contribution >= 0.6 is 11.8 Å². The van der Waals surface area contributed by atoms with Crippen LogP contribution in [0.25, 0.3) is 16.8 Å². The van der Waals surface area contributed by atoms with Crippen molar-refractivity contribution in [2.45, 2.75) is 32.6 Å². The molecule has 152 valence electrons. The average molecular weight is 410 g/mol. The molecule has 3 aromatic heterocycles. The lowest BCUT2D eigenvalue weighted by Crippen LogP contribution is -2.29. The molecule has 1 fully saturated rings. The van der Waals surface area contributed by atoms with Crippen LogP contribution in [0.3, 0.4) is 0 Å². The van der Waals surface area contributed by atoms with Gasteiger partial charge in [0.05, 0.1) is 23.2 Å². The van der Waals surface area contributed by atoms with Gasteiger partial charge in [-0.1, -0.05) is 12.2 Å². The molecule has 7 heteroatoms. The van der Waals surface area contributed by atoms with Crippen LogP contribution in [-0.2, 0) is 0 Å².